The lowest BCUT2D eigenvalue weighted by molar-refractivity contribution is 0.0600. The number of nitrogens with zero attached hydrogens (tertiary/aromatic N) is 2. The van der Waals surface area contributed by atoms with Crippen molar-refractivity contribution in [3.05, 3.63) is 107 Å². The molecule has 0 saturated carbocycles. The molecule has 5 rings (SSSR count). The minimum absolute atomic E-state index is 0.259. The zero-order chi connectivity index (χ0) is 24.0. The van der Waals surface area contributed by atoms with E-state index in [9.17, 15) is 4.79 Å². The maximum absolute atomic E-state index is 12.2. The largest absolute Gasteiger partial charge is 0.465 e. The summed E-state index contributed by atoms with van der Waals surface area (Å²) in [7, 11) is 1.45. The highest BCUT2D eigenvalue weighted by Crippen LogP contribution is 2.36. The number of rotatable bonds is 7. The van der Waals surface area contributed by atoms with Gasteiger partial charge in [0, 0.05) is 32.1 Å². The second kappa shape index (κ2) is 11.2. The minimum atomic E-state index is -0.259. The summed E-state index contributed by atoms with van der Waals surface area (Å²) in [5.74, 6) is 1.37. The van der Waals surface area contributed by atoms with E-state index in [1.54, 1.807) is 0 Å². The van der Waals surface area contributed by atoms with E-state index < -0.39 is 0 Å². The summed E-state index contributed by atoms with van der Waals surface area (Å²) in [6, 6.07) is 29.9. The van der Waals surface area contributed by atoms with Crippen molar-refractivity contribution in [3.63, 3.8) is 0 Å². The molecule has 2 heterocycles. The normalized spacial score (nSPS) is 21.7. The molecule has 0 bridgehead atoms. The van der Waals surface area contributed by atoms with Crippen LogP contribution >= 0.6 is 0 Å². The maximum atomic E-state index is 12.2. The first-order valence-electron chi connectivity index (χ1n) is 12.9. The Morgan fingerprint density at radius 2 is 1.51 bits per heavy atom. The lowest BCUT2D eigenvalue weighted by Gasteiger charge is -2.35. The first-order valence-corrected chi connectivity index (χ1v) is 12.9. The molecule has 0 N–H and O–H groups in total. The van der Waals surface area contributed by atoms with Gasteiger partial charge in [0.15, 0.2) is 0 Å². The summed E-state index contributed by atoms with van der Waals surface area (Å²) >= 11 is 0. The third-order valence-corrected chi connectivity index (χ3v) is 7.85. The van der Waals surface area contributed by atoms with Crippen LogP contribution in [0.25, 0.3) is 0 Å². The molecular weight excluding hydrogens is 432 g/mol. The molecule has 0 amide bonds. The molecule has 0 aliphatic carbocycles. The van der Waals surface area contributed by atoms with Crippen molar-refractivity contribution in [1.82, 2.24) is 9.80 Å². The topological polar surface area (TPSA) is 32.8 Å². The Labute approximate surface area is 209 Å². The first kappa shape index (κ1) is 23.8. The zero-order valence-electron chi connectivity index (χ0n) is 20.7. The van der Waals surface area contributed by atoms with E-state index in [4.69, 9.17) is 4.74 Å². The number of hydrogen-bond donors (Lipinski definition) is 0. The number of hydrogen-bond acceptors (Lipinski definition) is 4. The van der Waals surface area contributed by atoms with Crippen molar-refractivity contribution in [1.29, 1.82) is 0 Å². The van der Waals surface area contributed by atoms with Gasteiger partial charge in [-0.05, 0) is 66.6 Å². The fourth-order valence-electron chi connectivity index (χ4n) is 6.01. The average molecular weight is 469 g/mol. The molecule has 4 heteroatoms. The van der Waals surface area contributed by atoms with E-state index in [0.717, 1.165) is 39.3 Å². The van der Waals surface area contributed by atoms with Crippen LogP contribution < -0.4 is 0 Å². The predicted octanol–water partition coefficient (Wildman–Crippen LogP) is 5.57. The van der Waals surface area contributed by atoms with Crippen LogP contribution in [0.4, 0.5) is 0 Å². The average Bonchev–Trinajstić information content (AvgIpc) is 3.31. The molecule has 0 unspecified atom stereocenters. The Bertz CT molecular complexity index is 1090. The van der Waals surface area contributed by atoms with Crippen molar-refractivity contribution in [2.45, 2.75) is 31.2 Å². The molecule has 182 valence electrons. The van der Waals surface area contributed by atoms with Gasteiger partial charge in [0.1, 0.15) is 0 Å². The summed E-state index contributed by atoms with van der Waals surface area (Å²) in [5, 5.41) is 0. The number of carbonyl (C=O) groups excluding carboxylic acids is 1. The number of ether oxygens (including phenoxy) is 1. The Morgan fingerprint density at radius 1 is 0.829 bits per heavy atom. The van der Waals surface area contributed by atoms with Crippen LogP contribution in [0.1, 0.15) is 51.7 Å². The summed E-state index contributed by atoms with van der Waals surface area (Å²) in [5.41, 5.74) is 4.75. The monoisotopic (exact) mass is 468 g/mol. The van der Waals surface area contributed by atoms with Crippen molar-refractivity contribution >= 4 is 5.97 Å². The van der Waals surface area contributed by atoms with E-state index >= 15 is 0 Å². The molecule has 2 fully saturated rings. The SMILES string of the molecule is COC(=O)c1cccc([C@H]2CN(Cc3ccccc3)C[C@@H]2CN2CCC(c3ccccc3)CC2)c1. The lowest BCUT2D eigenvalue weighted by Crippen LogP contribution is -2.38. The number of methoxy groups -OCH3 is 1. The van der Waals surface area contributed by atoms with Gasteiger partial charge in [-0.3, -0.25) is 4.90 Å². The molecule has 0 radical (unpaired) electrons. The van der Waals surface area contributed by atoms with Gasteiger partial charge < -0.3 is 9.64 Å². The van der Waals surface area contributed by atoms with Crippen molar-refractivity contribution in [2.24, 2.45) is 5.92 Å². The molecule has 2 aliphatic rings. The van der Waals surface area contributed by atoms with Crippen LogP contribution in [0, 0.1) is 5.92 Å². The van der Waals surface area contributed by atoms with Crippen LogP contribution in [-0.4, -0.2) is 55.6 Å². The third-order valence-electron chi connectivity index (χ3n) is 7.85. The van der Waals surface area contributed by atoms with E-state index in [0.29, 0.717) is 23.3 Å². The van der Waals surface area contributed by atoms with Crippen LogP contribution in [0.3, 0.4) is 0 Å². The number of piperidine rings is 1. The molecule has 3 aromatic carbocycles. The lowest BCUT2D eigenvalue weighted by atomic mass is 9.86. The molecule has 0 aromatic heterocycles. The van der Waals surface area contributed by atoms with Gasteiger partial charge in [-0.1, -0.05) is 72.8 Å². The molecule has 35 heavy (non-hydrogen) atoms. The Hall–Kier alpha value is -2.95. The highest BCUT2D eigenvalue weighted by atomic mass is 16.5. The molecule has 2 aliphatic heterocycles. The highest BCUT2D eigenvalue weighted by Gasteiger charge is 2.36. The summed E-state index contributed by atoms with van der Waals surface area (Å²) < 4.78 is 4.99. The summed E-state index contributed by atoms with van der Waals surface area (Å²) in [6.07, 6.45) is 2.46. The zero-order valence-corrected chi connectivity index (χ0v) is 20.7. The standard InChI is InChI=1S/C31H36N2O2/c1-35-31(34)28-14-8-13-27(19-28)30-23-33(20-24-9-4-2-5-10-24)22-29(30)21-32-17-15-26(16-18-32)25-11-6-3-7-12-25/h2-14,19,26,29-30H,15-18,20-23H2,1H3/t29-,30+/m0/s1. The summed E-state index contributed by atoms with van der Waals surface area (Å²) in [6.45, 7) is 6.50. The van der Waals surface area contributed by atoms with Gasteiger partial charge in [-0.2, -0.15) is 0 Å². The molecular formula is C31H36N2O2. The van der Waals surface area contributed by atoms with Gasteiger partial charge in [0.2, 0.25) is 0 Å². The van der Waals surface area contributed by atoms with Crippen molar-refractivity contribution in [2.75, 3.05) is 39.8 Å². The third kappa shape index (κ3) is 5.83. The molecule has 0 spiro atoms. The summed E-state index contributed by atoms with van der Waals surface area (Å²) in [4.78, 5) is 17.5. The van der Waals surface area contributed by atoms with E-state index in [-0.39, 0.29) is 5.97 Å². The van der Waals surface area contributed by atoms with Gasteiger partial charge >= 0.3 is 5.97 Å². The smallest absolute Gasteiger partial charge is 0.337 e. The maximum Gasteiger partial charge on any atom is 0.337 e. The van der Waals surface area contributed by atoms with Crippen LogP contribution in [0.15, 0.2) is 84.9 Å². The molecule has 4 nitrogen and oxygen atoms in total. The number of benzene rings is 3. The van der Waals surface area contributed by atoms with E-state index in [2.05, 4.69) is 82.6 Å². The molecule has 2 atom stereocenters. The second-order valence-electron chi connectivity index (χ2n) is 10.1. The van der Waals surface area contributed by atoms with Gasteiger partial charge in [0.25, 0.3) is 0 Å². The highest BCUT2D eigenvalue weighted by molar-refractivity contribution is 5.89. The van der Waals surface area contributed by atoms with Gasteiger partial charge in [0.05, 0.1) is 12.7 Å². The van der Waals surface area contributed by atoms with E-state index in [1.165, 1.54) is 36.6 Å². The Morgan fingerprint density at radius 3 is 2.23 bits per heavy atom. The Balaban J connectivity index is 1.29. The van der Waals surface area contributed by atoms with Crippen molar-refractivity contribution < 1.29 is 9.53 Å². The van der Waals surface area contributed by atoms with Crippen LogP contribution in [0.5, 0.6) is 0 Å². The predicted molar refractivity (Wildman–Crippen MR) is 141 cm³/mol. The molecule has 3 aromatic rings. The fraction of sp³-hybridized carbons (Fsp3) is 0.387. The number of likely N-dealkylation sites (tertiary alicyclic amines) is 2. The van der Waals surface area contributed by atoms with Gasteiger partial charge in [-0.15, -0.1) is 0 Å². The van der Waals surface area contributed by atoms with Gasteiger partial charge in [-0.25, -0.2) is 4.79 Å². The van der Waals surface area contributed by atoms with E-state index in [1.807, 2.05) is 12.1 Å². The quantitative estimate of drug-likeness (QED) is 0.425. The minimum Gasteiger partial charge on any atom is -0.465 e. The Kier molecular flexibility index (Phi) is 7.60. The van der Waals surface area contributed by atoms with Crippen molar-refractivity contribution in [3.8, 4) is 0 Å². The second-order valence-corrected chi connectivity index (χ2v) is 10.1. The van der Waals surface area contributed by atoms with Crippen LogP contribution in [0.2, 0.25) is 0 Å². The number of carbonyl (C=O) groups is 1. The molecule has 2 saturated heterocycles. The first-order chi connectivity index (χ1) is 17.2. The number of esters is 1. The van der Waals surface area contributed by atoms with Crippen LogP contribution in [-0.2, 0) is 11.3 Å². The fourth-order valence-corrected chi connectivity index (χ4v) is 6.01.